The van der Waals surface area contributed by atoms with Gasteiger partial charge in [-0.1, -0.05) is 18.2 Å². The van der Waals surface area contributed by atoms with Crippen molar-refractivity contribution in [1.82, 2.24) is 0 Å². The molecule has 0 aromatic heterocycles. The van der Waals surface area contributed by atoms with Gasteiger partial charge in [-0.05, 0) is 48.7 Å². The number of carboxylic acids is 2. The molecule has 0 saturated heterocycles. The first kappa shape index (κ1) is 15.6. The lowest BCUT2D eigenvalue weighted by molar-refractivity contribution is -0.136. The minimum Gasteiger partial charge on any atom is -0.481 e. The van der Waals surface area contributed by atoms with Crippen molar-refractivity contribution in [2.24, 2.45) is 0 Å². The first-order valence-electron chi connectivity index (χ1n) is 6.71. The zero-order valence-electron chi connectivity index (χ0n) is 12.3. The van der Waals surface area contributed by atoms with Gasteiger partial charge in [0.1, 0.15) is 11.5 Å². The maximum Gasteiger partial charge on any atom is 0.336 e. The maximum absolute atomic E-state index is 11.4. The topological polar surface area (TPSA) is 83.8 Å². The van der Waals surface area contributed by atoms with Gasteiger partial charge < -0.3 is 14.9 Å². The molecule has 0 spiro atoms. The van der Waals surface area contributed by atoms with E-state index in [2.05, 4.69) is 0 Å². The van der Waals surface area contributed by atoms with Gasteiger partial charge in [-0.25, -0.2) is 4.79 Å². The summed E-state index contributed by atoms with van der Waals surface area (Å²) in [6.07, 6.45) is -0.333. The Balaban J connectivity index is 2.52. The smallest absolute Gasteiger partial charge is 0.336 e. The van der Waals surface area contributed by atoms with Crippen LogP contribution in [-0.2, 0) is 11.2 Å². The van der Waals surface area contributed by atoms with E-state index < -0.39 is 11.9 Å². The summed E-state index contributed by atoms with van der Waals surface area (Å²) < 4.78 is 5.73. The van der Waals surface area contributed by atoms with E-state index in [9.17, 15) is 14.7 Å². The number of aliphatic carboxylic acids is 1. The average molecular weight is 300 g/mol. The lowest BCUT2D eigenvalue weighted by Crippen LogP contribution is -2.11. The van der Waals surface area contributed by atoms with Gasteiger partial charge in [-0.2, -0.15) is 0 Å². The van der Waals surface area contributed by atoms with E-state index in [0.29, 0.717) is 22.6 Å². The summed E-state index contributed by atoms with van der Waals surface area (Å²) in [6.45, 7) is 3.49. The molecule has 0 saturated carbocycles. The second-order valence-corrected chi connectivity index (χ2v) is 4.94. The van der Waals surface area contributed by atoms with Crippen LogP contribution in [0.4, 0.5) is 0 Å². The normalized spacial score (nSPS) is 10.3. The molecular formula is C17H16O5. The van der Waals surface area contributed by atoms with Crippen LogP contribution in [0.25, 0.3) is 0 Å². The van der Waals surface area contributed by atoms with Crippen molar-refractivity contribution in [2.75, 3.05) is 0 Å². The second kappa shape index (κ2) is 6.30. The van der Waals surface area contributed by atoms with E-state index in [1.54, 1.807) is 26.0 Å². The van der Waals surface area contributed by atoms with Gasteiger partial charge in [0.25, 0.3) is 0 Å². The Labute approximate surface area is 127 Å². The van der Waals surface area contributed by atoms with Gasteiger partial charge in [-0.3, -0.25) is 4.79 Å². The third kappa shape index (κ3) is 3.25. The molecule has 5 heteroatoms. The van der Waals surface area contributed by atoms with E-state index in [0.717, 1.165) is 5.56 Å². The molecule has 114 valence electrons. The Morgan fingerprint density at radius 1 is 1.05 bits per heavy atom. The zero-order chi connectivity index (χ0) is 16.3. The van der Waals surface area contributed by atoms with Crippen molar-refractivity contribution in [3.63, 3.8) is 0 Å². The summed E-state index contributed by atoms with van der Waals surface area (Å²) >= 11 is 0. The first-order valence-corrected chi connectivity index (χ1v) is 6.71. The van der Waals surface area contributed by atoms with Gasteiger partial charge in [0, 0.05) is 0 Å². The largest absolute Gasteiger partial charge is 0.481 e. The zero-order valence-corrected chi connectivity index (χ0v) is 12.3. The SMILES string of the molecule is Cc1c(Oc2ccccc2)cc(C(=O)O)c(CC(=O)O)c1C. The maximum atomic E-state index is 11.4. The van der Waals surface area contributed by atoms with Gasteiger partial charge >= 0.3 is 11.9 Å². The highest BCUT2D eigenvalue weighted by Crippen LogP contribution is 2.32. The van der Waals surface area contributed by atoms with Crippen LogP contribution in [0.3, 0.4) is 0 Å². The van der Waals surface area contributed by atoms with Gasteiger partial charge in [0.2, 0.25) is 0 Å². The fourth-order valence-corrected chi connectivity index (χ4v) is 2.23. The van der Waals surface area contributed by atoms with E-state index in [-0.39, 0.29) is 12.0 Å². The highest BCUT2D eigenvalue weighted by Gasteiger charge is 2.20. The van der Waals surface area contributed by atoms with Gasteiger partial charge in [0.05, 0.1) is 12.0 Å². The van der Waals surface area contributed by atoms with E-state index in [4.69, 9.17) is 9.84 Å². The molecule has 0 amide bonds. The van der Waals surface area contributed by atoms with Gasteiger partial charge in [-0.15, -0.1) is 0 Å². The fraction of sp³-hybridized carbons (Fsp3) is 0.176. The summed E-state index contributed by atoms with van der Waals surface area (Å²) in [5, 5.41) is 18.3. The fourth-order valence-electron chi connectivity index (χ4n) is 2.23. The Hall–Kier alpha value is -2.82. The molecule has 2 aromatic carbocycles. The van der Waals surface area contributed by atoms with Crippen LogP contribution in [0.15, 0.2) is 36.4 Å². The Morgan fingerprint density at radius 3 is 2.23 bits per heavy atom. The number of benzene rings is 2. The molecule has 0 radical (unpaired) electrons. The molecular weight excluding hydrogens is 284 g/mol. The Bertz CT molecular complexity index is 720. The molecule has 0 heterocycles. The predicted molar refractivity (Wildman–Crippen MR) is 80.7 cm³/mol. The third-order valence-corrected chi connectivity index (χ3v) is 3.51. The summed E-state index contributed by atoms with van der Waals surface area (Å²) in [5.41, 5.74) is 1.60. The quantitative estimate of drug-likeness (QED) is 0.884. The molecule has 2 N–H and O–H groups in total. The molecule has 0 atom stereocenters. The number of hydrogen-bond acceptors (Lipinski definition) is 3. The number of rotatable bonds is 5. The van der Waals surface area contributed by atoms with Crippen molar-refractivity contribution in [1.29, 1.82) is 0 Å². The van der Waals surface area contributed by atoms with Crippen molar-refractivity contribution >= 4 is 11.9 Å². The standard InChI is InChI=1S/C17H16O5/c1-10-11(2)15(22-12-6-4-3-5-7-12)8-14(17(20)21)13(10)9-16(18)19/h3-8H,9H2,1-2H3,(H,18,19)(H,20,21). The molecule has 0 aliphatic rings. The number of para-hydroxylation sites is 1. The van der Waals surface area contributed by atoms with Crippen LogP contribution in [0.2, 0.25) is 0 Å². The highest BCUT2D eigenvalue weighted by atomic mass is 16.5. The molecule has 0 bridgehead atoms. The Morgan fingerprint density at radius 2 is 1.68 bits per heavy atom. The monoisotopic (exact) mass is 300 g/mol. The number of carboxylic acid groups (broad SMARTS) is 2. The average Bonchev–Trinajstić information content (AvgIpc) is 2.47. The molecule has 2 aromatic rings. The third-order valence-electron chi connectivity index (χ3n) is 3.51. The number of carbonyl (C=O) groups is 2. The van der Waals surface area contributed by atoms with Crippen LogP contribution in [-0.4, -0.2) is 22.2 Å². The van der Waals surface area contributed by atoms with Crippen LogP contribution in [0.5, 0.6) is 11.5 Å². The number of aromatic carboxylic acids is 1. The molecule has 0 aliphatic carbocycles. The van der Waals surface area contributed by atoms with Crippen LogP contribution in [0.1, 0.15) is 27.0 Å². The summed E-state index contributed by atoms with van der Waals surface area (Å²) in [7, 11) is 0. The predicted octanol–water partition coefficient (Wildman–Crippen LogP) is 3.42. The summed E-state index contributed by atoms with van der Waals surface area (Å²) in [6, 6.07) is 10.4. The second-order valence-electron chi connectivity index (χ2n) is 4.94. The van der Waals surface area contributed by atoms with Crippen LogP contribution >= 0.6 is 0 Å². The Kier molecular flexibility index (Phi) is 4.46. The molecule has 5 nitrogen and oxygen atoms in total. The van der Waals surface area contributed by atoms with Crippen molar-refractivity contribution < 1.29 is 24.5 Å². The molecule has 0 aliphatic heterocycles. The van der Waals surface area contributed by atoms with Gasteiger partial charge in [0.15, 0.2) is 0 Å². The van der Waals surface area contributed by atoms with Crippen LogP contribution in [0, 0.1) is 13.8 Å². The van der Waals surface area contributed by atoms with E-state index in [1.165, 1.54) is 6.07 Å². The lowest BCUT2D eigenvalue weighted by Gasteiger charge is -2.16. The molecule has 22 heavy (non-hydrogen) atoms. The van der Waals surface area contributed by atoms with E-state index in [1.807, 2.05) is 18.2 Å². The van der Waals surface area contributed by atoms with Crippen molar-refractivity contribution in [2.45, 2.75) is 20.3 Å². The molecule has 0 unspecified atom stereocenters. The number of ether oxygens (including phenoxy) is 1. The molecule has 0 fully saturated rings. The minimum atomic E-state index is -1.17. The number of hydrogen-bond donors (Lipinski definition) is 2. The molecule has 2 rings (SSSR count). The van der Waals surface area contributed by atoms with Crippen molar-refractivity contribution in [3.05, 3.63) is 58.7 Å². The van der Waals surface area contributed by atoms with Crippen LogP contribution < -0.4 is 4.74 Å². The van der Waals surface area contributed by atoms with E-state index >= 15 is 0 Å². The minimum absolute atomic E-state index is 0.0450. The summed E-state index contributed by atoms with van der Waals surface area (Å²) in [5.74, 6) is -1.23. The first-order chi connectivity index (χ1) is 10.4. The lowest BCUT2D eigenvalue weighted by atomic mass is 9.94. The summed E-state index contributed by atoms with van der Waals surface area (Å²) in [4.78, 5) is 22.4. The van der Waals surface area contributed by atoms with Crippen molar-refractivity contribution in [3.8, 4) is 11.5 Å². The highest BCUT2D eigenvalue weighted by molar-refractivity contribution is 5.92.